The van der Waals surface area contributed by atoms with E-state index in [9.17, 15) is 9.59 Å². The summed E-state index contributed by atoms with van der Waals surface area (Å²) in [4.78, 5) is 26.9. The van der Waals surface area contributed by atoms with E-state index < -0.39 is 5.97 Å². The summed E-state index contributed by atoms with van der Waals surface area (Å²) in [5.41, 5.74) is 6.54. The number of carbonyl (C=O) groups excluding carboxylic acids is 2. The summed E-state index contributed by atoms with van der Waals surface area (Å²) in [6, 6.07) is 26.2. The second-order valence-corrected chi connectivity index (χ2v) is 7.16. The number of nitrogens with zero attached hydrogens (tertiary/aromatic N) is 2. The third kappa shape index (κ3) is 5.70. The van der Waals surface area contributed by atoms with E-state index >= 15 is 0 Å². The van der Waals surface area contributed by atoms with Crippen molar-refractivity contribution in [3.63, 3.8) is 0 Å². The molecule has 0 amide bonds. The van der Waals surface area contributed by atoms with Crippen molar-refractivity contribution in [1.82, 2.24) is 5.43 Å². The van der Waals surface area contributed by atoms with Gasteiger partial charge in [-0.1, -0.05) is 72.8 Å². The van der Waals surface area contributed by atoms with Crippen LogP contribution in [0.3, 0.4) is 0 Å². The van der Waals surface area contributed by atoms with Crippen molar-refractivity contribution in [1.29, 1.82) is 0 Å². The summed E-state index contributed by atoms with van der Waals surface area (Å²) in [6.45, 7) is 0. The molecule has 0 saturated carbocycles. The fraction of sp³-hybridized carbons (Fsp3) is 0.115. The van der Waals surface area contributed by atoms with Gasteiger partial charge in [0, 0.05) is 42.5 Å². The van der Waals surface area contributed by atoms with Crippen LogP contribution in [0.25, 0.3) is 0 Å². The van der Waals surface area contributed by atoms with Gasteiger partial charge in [-0.2, -0.15) is 5.10 Å². The molecule has 162 valence electrons. The van der Waals surface area contributed by atoms with E-state index in [1.54, 1.807) is 24.3 Å². The Morgan fingerprint density at radius 3 is 1.88 bits per heavy atom. The van der Waals surface area contributed by atoms with Gasteiger partial charge in [0.1, 0.15) is 5.70 Å². The van der Waals surface area contributed by atoms with Gasteiger partial charge in [-0.05, 0) is 12.1 Å². The summed E-state index contributed by atoms with van der Waals surface area (Å²) < 4.78 is 4.84. The lowest BCUT2D eigenvalue weighted by molar-refractivity contribution is -0.136. The largest absolute Gasteiger partial charge is 0.464 e. The number of esters is 1. The van der Waals surface area contributed by atoms with Crippen molar-refractivity contribution in [2.45, 2.75) is 0 Å². The van der Waals surface area contributed by atoms with E-state index in [0.29, 0.717) is 11.3 Å². The summed E-state index contributed by atoms with van der Waals surface area (Å²) in [7, 11) is 5.20. The minimum atomic E-state index is -0.687. The lowest BCUT2D eigenvalue weighted by Gasteiger charge is -2.14. The topological polar surface area (TPSA) is 71.0 Å². The Morgan fingerprint density at radius 2 is 1.34 bits per heavy atom. The minimum Gasteiger partial charge on any atom is -0.464 e. The average molecular weight is 428 g/mol. The number of hydrogen-bond acceptors (Lipinski definition) is 6. The van der Waals surface area contributed by atoms with Crippen molar-refractivity contribution < 1.29 is 14.3 Å². The second-order valence-electron chi connectivity index (χ2n) is 7.16. The number of hydrazone groups is 1. The highest BCUT2D eigenvalue weighted by molar-refractivity contribution is 6.13. The number of anilines is 1. The summed E-state index contributed by atoms with van der Waals surface area (Å²) in [6.07, 6.45) is 1.20. The minimum absolute atomic E-state index is 0.0558. The number of nitrogens with one attached hydrogen (secondary N) is 1. The summed E-state index contributed by atoms with van der Waals surface area (Å²) in [5.74, 6) is -1.02. The van der Waals surface area contributed by atoms with Gasteiger partial charge in [0.2, 0.25) is 0 Å². The van der Waals surface area contributed by atoms with Crippen molar-refractivity contribution >= 4 is 23.2 Å². The van der Waals surface area contributed by atoms with E-state index in [1.807, 2.05) is 79.7 Å². The zero-order valence-electron chi connectivity index (χ0n) is 18.3. The first-order valence-corrected chi connectivity index (χ1v) is 10.1. The molecule has 3 aromatic carbocycles. The van der Waals surface area contributed by atoms with Crippen molar-refractivity contribution in [3.05, 3.63) is 113 Å². The van der Waals surface area contributed by atoms with Gasteiger partial charge in [0.25, 0.3) is 0 Å². The molecule has 6 nitrogen and oxygen atoms in total. The normalized spacial score (nSPS) is 11.6. The number of allylic oxidation sites excluding steroid dienone is 1. The molecule has 0 heterocycles. The van der Waals surface area contributed by atoms with Crippen molar-refractivity contribution in [2.24, 2.45) is 5.10 Å². The number of rotatable bonds is 8. The zero-order valence-corrected chi connectivity index (χ0v) is 18.3. The van der Waals surface area contributed by atoms with Gasteiger partial charge in [0.05, 0.1) is 12.8 Å². The van der Waals surface area contributed by atoms with Crippen LogP contribution in [0.1, 0.15) is 21.5 Å². The van der Waals surface area contributed by atoms with E-state index in [-0.39, 0.29) is 11.5 Å². The molecule has 0 saturated heterocycles. The van der Waals surface area contributed by atoms with Gasteiger partial charge in [-0.3, -0.25) is 10.2 Å². The van der Waals surface area contributed by atoms with Crippen molar-refractivity contribution in [2.75, 3.05) is 26.1 Å². The Bertz CT molecular complexity index is 1120. The Morgan fingerprint density at radius 1 is 0.812 bits per heavy atom. The Balaban J connectivity index is 1.98. The maximum absolute atomic E-state index is 12.6. The van der Waals surface area contributed by atoms with Crippen LogP contribution in [0, 0.1) is 0 Å². The van der Waals surface area contributed by atoms with E-state index in [2.05, 4.69) is 10.5 Å². The molecular formula is C26H25N3O3. The molecule has 0 atom stereocenters. The highest BCUT2D eigenvalue weighted by atomic mass is 16.5. The van der Waals surface area contributed by atoms with Gasteiger partial charge >= 0.3 is 5.97 Å². The highest BCUT2D eigenvalue weighted by Gasteiger charge is 2.14. The van der Waals surface area contributed by atoms with Crippen LogP contribution in [0.2, 0.25) is 0 Å². The van der Waals surface area contributed by atoms with Crippen LogP contribution in [0.5, 0.6) is 0 Å². The fourth-order valence-corrected chi connectivity index (χ4v) is 2.99. The highest BCUT2D eigenvalue weighted by Crippen LogP contribution is 2.16. The number of ether oxygens (including phenoxy) is 1. The molecule has 0 aliphatic rings. The molecule has 1 N–H and O–H groups in total. The lowest BCUT2D eigenvalue weighted by Crippen LogP contribution is -2.21. The van der Waals surface area contributed by atoms with Crippen molar-refractivity contribution in [3.8, 4) is 0 Å². The van der Waals surface area contributed by atoms with Gasteiger partial charge < -0.3 is 9.64 Å². The fourth-order valence-electron chi connectivity index (χ4n) is 2.99. The van der Waals surface area contributed by atoms with E-state index in [1.165, 1.54) is 13.2 Å². The molecule has 0 aliphatic carbocycles. The smallest absolute Gasteiger partial charge is 0.356 e. The molecule has 3 aromatic rings. The first-order valence-electron chi connectivity index (χ1n) is 10.1. The van der Waals surface area contributed by atoms with E-state index in [4.69, 9.17) is 4.74 Å². The van der Waals surface area contributed by atoms with Gasteiger partial charge in [-0.15, -0.1) is 0 Å². The number of ketones is 1. The maximum atomic E-state index is 12.6. The number of methoxy groups -OCH3 is 1. The van der Waals surface area contributed by atoms with Crippen LogP contribution in [0.15, 0.2) is 102 Å². The van der Waals surface area contributed by atoms with Crippen LogP contribution in [-0.4, -0.2) is 38.7 Å². The van der Waals surface area contributed by atoms with Crippen LogP contribution in [0.4, 0.5) is 5.69 Å². The van der Waals surface area contributed by atoms with Gasteiger partial charge in [0.15, 0.2) is 5.78 Å². The molecule has 0 fully saturated rings. The molecule has 32 heavy (non-hydrogen) atoms. The number of carbonyl (C=O) groups is 2. The SMILES string of the molecule is COC(=O)C(=CC(=O)c1ccccc1)NN=C(c1ccccc1)c1ccc(N(C)C)cc1. The summed E-state index contributed by atoms with van der Waals surface area (Å²) in [5, 5.41) is 4.49. The lowest BCUT2D eigenvalue weighted by atomic mass is 10.0. The number of hydrogen-bond donors (Lipinski definition) is 1. The summed E-state index contributed by atoms with van der Waals surface area (Å²) >= 11 is 0. The average Bonchev–Trinajstić information content (AvgIpc) is 2.84. The molecule has 0 spiro atoms. The number of benzene rings is 3. The van der Waals surface area contributed by atoms with Crippen LogP contribution < -0.4 is 10.3 Å². The molecule has 3 rings (SSSR count). The molecule has 0 bridgehead atoms. The Labute approximate surface area is 187 Å². The molecular weight excluding hydrogens is 402 g/mol. The van der Waals surface area contributed by atoms with E-state index in [0.717, 1.165) is 16.8 Å². The monoisotopic (exact) mass is 427 g/mol. The predicted molar refractivity (Wildman–Crippen MR) is 127 cm³/mol. The molecule has 0 unspecified atom stereocenters. The van der Waals surface area contributed by atoms with Crippen LogP contribution in [-0.2, 0) is 9.53 Å². The maximum Gasteiger partial charge on any atom is 0.356 e. The zero-order chi connectivity index (χ0) is 22.9. The first kappa shape index (κ1) is 22.5. The molecule has 6 heteroatoms. The van der Waals surface area contributed by atoms with Gasteiger partial charge in [-0.25, -0.2) is 4.79 Å². The predicted octanol–water partition coefficient (Wildman–Crippen LogP) is 4.03. The molecule has 0 radical (unpaired) electrons. The third-order valence-corrected chi connectivity index (χ3v) is 4.73. The molecule has 0 aliphatic heterocycles. The Hall–Kier alpha value is -4.19. The quantitative estimate of drug-likeness (QED) is 0.193. The van der Waals surface area contributed by atoms with Crippen LogP contribution >= 0.6 is 0 Å². The third-order valence-electron chi connectivity index (χ3n) is 4.73. The molecule has 0 aromatic heterocycles. The standard InChI is InChI=1S/C26H25N3O3/c1-29(2)22-16-14-21(15-17-22)25(20-12-8-5-9-13-20)28-27-23(26(31)32-3)18-24(30)19-10-6-4-7-11-19/h4-18,27H,1-3H3. The second kappa shape index (κ2) is 10.7. The first-order chi connectivity index (χ1) is 15.5. The Kier molecular flexibility index (Phi) is 7.54.